The highest BCUT2D eigenvalue weighted by atomic mass is 16.7. The molecule has 1 fully saturated rings. The maximum Gasteiger partial charge on any atom is 0.311 e. The minimum absolute atomic E-state index is 0.447. The molecule has 4 unspecified atom stereocenters. The van der Waals surface area contributed by atoms with Crippen molar-refractivity contribution in [3.63, 3.8) is 0 Å². The van der Waals surface area contributed by atoms with E-state index in [0.29, 0.717) is 0 Å². The number of carbonyl (C=O) groups is 3. The number of hydrogen-bond acceptors (Lipinski definition) is 9. The van der Waals surface area contributed by atoms with Gasteiger partial charge in [0.05, 0.1) is 16.2 Å². The Balaban J connectivity index is 3.06. The Morgan fingerprint density at radius 1 is 0.800 bits per heavy atom. The molecule has 2 N–H and O–H groups in total. The van der Waals surface area contributed by atoms with Gasteiger partial charge in [0.2, 0.25) is 0 Å². The number of carbonyl (C=O) groups excluding carboxylic acids is 3. The van der Waals surface area contributed by atoms with Gasteiger partial charge in [-0.15, -0.1) is 0 Å². The fourth-order valence-electron chi connectivity index (χ4n) is 2.31. The van der Waals surface area contributed by atoms with Crippen LogP contribution in [0.3, 0.4) is 0 Å². The van der Waals surface area contributed by atoms with Crippen LogP contribution in [0.25, 0.3) is 0 Å². The summed E-state index contributed by atoms with van der Waals surface area (Å²) in [6.07, 6.45) is -6.96. The van der Waals surface area contributed by atoms with Crippen molar-refractivity contribution >= 4 is 17.9 Å². The van der Waals surface area contributed by atoms with E-state index < -0.39 is 71.5 Å². The molecule has 30 heavy (non-hydrogen) atoms. The van der Waals surface area contributed by atoms with Crippen LogP contribution in [0.15, 0.2) is 0 Å². The van der Waals surface area contributed by atoms with E-state index in [2.05, 4.69) is 0 Å². The third-order valence-electron chi connectivity index (χ3n) is 4.31. The average molecular weight is 433 g/mol. The summed E-state index contributed by atoms with van der Waals surface area (Å²) in [5, 5.41) is 20.8. The Hall–Kier alpha value is -1.71. The number of esters is 3. The van der Waals surface area contributed by atoms with Crippen molar-refractivity contribution in [1.29, 1.82) is 0 Å². The van der Waals surface area contributed by atoms with Crippen molar-refractivity contribution in [2.24, 2.45) is 16.2 Å². The van der Waals surface area contributed by atoms with Gasteiger partial charge >= 0.3 is 17.9 Å². The molecule has 0 aliphatic carbocycles. The first kappa shape index (κ1) is 26.3. The second-order valence-corrected chi connectivity index (χ2v) is 10.6. The zero-order valence-corrected chi connectivity index (χ0v) is 19.3. The van der Waals surface area contributed by atoms with E-state index in [1.807, 2.05) is 0 Å². The fourth-order valence-corrected chi connectivity index (χ4v) is 2.31. The number of ether oxygens (including phenoxy) is 4. The molecule has 9 heteroatoms. The number of aliphatic hydroxyl groups is 2. The number of hydrogen-bond donors (Lipinski definition) is 2. The molecule has 1 aliphatic heterocycles. The smallest absolute Gasteiger partial charge is 0.311 e. The normalized spacial score (nSPS) is 26.1. The largest absolute Gasteiger partial charge is 0.462 e. The summed E-state index contributed by atoms with van der Waals surface area (Å²) < 4.78 is 21.3. The van der Waals surface area contributed by atoms with Crippen LogP contribution in [0.5, 0.6) is 0 Å². The highest BCUT2D eigenvalue weighted by Gasteiger charge is 2.53. The van der Waals surface area contributed by atoms with Gasteiger partial charge in [-0.25, -0.2) is 0 Å². The van der Waals surface area contributed by atoms with Crippen LogP contribution in [-0.4, -0.2) is 65.4 Å². The van der Waals surface area contributed by atoms with E-state index in [1.165, 1.54) is 0 Å². The highest BCUT2D eigenvalue weighted by Crippen LogP contribution is 2.32. The molecule has 1 aliphatic rings. The third kappa shape index (κ3) is 6.92. The monoisotopic (exact) mass is 432 g/mol. The summed E-state index contributed by atoms with van der Waals surface area (Å²) in [4.78, 5) is 36.8. The maximum atomic E-state index is 12.5. The molecule has 0 amide bonds. The molecule has 5 atom stereocenters. The Labute approximate surface area is 178 Å². The summed E-state index contributed by atoms with van der Waals surface area (Å²) in [5.41, 5.74) is -2.55. The summed E-state index contributed by atoms with van der Waals surface area (Å²) >= 11 is 0. The lowest BCUT2D eigenvalue weighted by molar-refractivity contribution is -0.186. The highest BCUT2D eigenvalue weighted by molar-refractivity contribution is 5.77. The third-order valence-corrected chi connectivity index (χ3v) is 4.31. The van der Waals surface area contributed by atoms with E-state index in [4.69, 9.17) is 18.9 Å². The first-order chi connectivity index (χ1) is 13.4. The Morgan fingerprint density at radius 3 is 1.60 bits per heavy atom. The fraction of sp³-hybridized carbons (Fsp3) is 0.857. The van der Waals surface area contributed by atoms with E-state index in [1.54, 1.807) is 62.3 Å². The Kier molecular flexibility index (Phi) is 8.07. The molecule has 1 heterocycles. The van der Waals surface area contributed by atoms with Crippen LogP contribution in [0.1, 0.15) is 62.3 Å². The van der Waals surface area contributed by atoms with Crippen LogP contribution < -0.4 is 0 Å². The van der Waals surface area contributed by atoms with Gasteiger partial charge in [0.1, 0.15) is 18.8 Å². The lowest BCUT2D eigenvalue weighted by atomic mass is 9.96. The second-order valence-electron chi connectivity index (χ2n) is 10.6. The first-order valence-electron chi connectivity index (χ1n) is 9.96. The van der Waals surface area contributed by atoms with Crippen molar-refractivity contribution in [1.82, 2.24) is 0 Å². The average Bonchev–Trinajstić information content (AvgIpc) is 2.86. The van der Waals surface area contributed by atoms with E-state index in [0.717, 1.165) is 0 Å². The molecular formula is C21H36O9. The van der Waals surface area contributed by atoms with Gasteiger partial charge in [-0.2, -0.15) is 0 Å². The predicted octanol–water partition coefficient (Wildman–Crippen LogP) is 1.57. The lowest BCUT2D eigenvalue weighted by Crippen LogP contribution is -2.48. The topological polar surface area (TPSA) is 129 Å². The van der Waals surface area contributed by atoms with Gasteiger partial charge in [0, 0.05) is 0 Å². The molecule has 0 saturated carbocycles. The van der Waals surface area contributed by atoms with E-state index in [-0.39, 0.29) is 0 Å². The second kappa shape index (κ2) is 9.20. The first-order valence-corrected chi connectivity index (χ1v) is 9.96. The quantitative estimate of drug-likeness (QED) is 0.491. The van der Waals surface area contributed by atoms with Crippen LogP contribution in [0, 0.1) is 16.2 Å². The van der Waals surface area contributed by atoms with Gasteiger partial charge in [0.15, 0.2) is 18.5 Å². The molecule has 1 rings (SSSR count). The summed E-state index contributed by atoms with van der Waals surface area (Å²) in [5.74, 6) is -1.81. The van der Waals surface area contributed by atoms with Gasteiger partial charge in [-0.1, -0.05) is 0 Å². The van der Waals surface area contributed by atoms with E-state index in [9.17, 15) is 24.6 Å². The van der Waals surface area contributed by atoms with Crippen LogP contribution in [-0.2, 0) is 33.3 Å². The van der Waals surface area contributed by atoms with Crippen LogP contribution in [0.4, 0.5) is 0 Å². The number of rotatable bonds is 5. The summed E-state index contributed by atoms with van der Waals surface area (Å²) in [6, 6.07) is 0. The standard InChI is InChI=1S/C21H36O9/c1-19(2,3)16(24)27-10-11(22)12-13(29-17(25)20(4,5)6)14(15(23)28-12)30-18(26)21(7,8)9/h11-15,22-23H,10H2,1-9H3/t11-,12?,13?,14?,15?/m0/s1. The van der Waals surface area contributed by atoms with E-state index >= 15 is 0 Å². The SMILES string of the molecule is CC(C)(C)C(=O)OC[C@H](O)C1OC(O)C(OC(=O)C(C)(C)C)C1OC(=O)C(C)(C)C. The van der Waals surface area contributed by atoms with Crippen molar-refractivity contribution < 1.29 is 43.5 Å². The maximum absolute atomic E-state index is 12.5. The molecule has 174 valence electrons. The van der Waals surface area contributed by atoms with Gasteiger partial charge in [-0.05, 0) is 62.3 Å². The molecule has 0 aromatic heterocycles. The minimum atomic E-state index is -1.63. The molecular weight excluding hydrogens is 396 g/mol. The van der Waals surface area contributed by atoms with Crippen molar-refractivity contribution in [3.05, 3.63) is 0 Å². The molecule has 0 spiro atoms. The van der Waals surface area contributed by atoms with Gasteiger partial charge in [0.25, 0.3) is 0 Å². The molecule has 1 saturated heterocycles. The van der Waals surface area contributed by atoms with Gasteiger partial charge < -0.3 is 29.2 Å². The molecule has 0 aromatic rings. The molecule has 9 nitrogen and oxygen atoms in total. The minimum Gasteiger partial charge on any atom is -0.462 e. The lowest BCUT2D eigenvalue weighted by Gasteiger charge is -2.30. The van der Waals surface area contributed by atoms with Crippen molar-refractivity contribution in [2.75, 3.05) is 6.61 Å². The van der Waals surface area contributed by atoms with Crippen LogP contribution in [0.2, 0.25) is 0 Å². The van der Waals surface area contributed by atoms with Gasteiger partial charge in [-0.3, -0.25) is 14.4 Å². The van der Waals surface area contributed by atoms with Crippen LogP contribution >= 0.6 is 0 Å². The molecule has 0 bridgehead atoms. The number of aliphatic hydroxyl groups excluding tert-OH is 2. The molecule has 0 radical (unpaired) electrons. The predicted molar refractivity (Wildman–Crippen MR) is 106 cm³/mol. The van der Waals surface area contributed by atoms with Crippen molar-refractivity contribution in [3.8, 4) is 0 Å². The Morgan fingerprint density at radius 2 is 1.20 bits per heavy atom. The zero-order chi connectivity index (χ0) is 23.7. The summed E-state index contributed by atoms with van der Waals surface area (Å²) in [7, 11) is 0. The summed E-state index contributed by atoms with van der Waals surface area (Å²) in [6.45, 7) is 14.3. The van der Waals surface area contributed by atoms with Crippen molar-refractivity contribution in [2.45, 2.75) is 93.0 Å². The zero-order valence-electron chi connectivity index (χ0n) is 19.3. The molecule has 0 aromatic carbocycles. The Bertz CT molecular complexity index is 636.